The van der Waals surface area contributed by atoms with Crippen LogP contribution in [0.2, 0.25) is 0 Å². The van der Waals surface area contributed by atoms with Gasteiger partial charge in [-0.2, -0.15) is 0 Å². The average Bonchev–Trinajstić information content (AvgIpc) is 2.90. The first-order valence-corrected chi connectivity index (χ1v) is 7.73. The molecule has 1 aromatic heterocycles. The molecule has 3 rings (SSSR count). The van der Waals surface area contributed by atoms with Gasteiger partial charge in [0.1, 0.15) is 5.82 Å². The van der Waals surface area contributed by atoms with Gasteiger partial charge in [-0.3, -0.25) is 4.98 Å². The number of halogens is 1. The van der Waals surface area contributed by atoms with Gasteiger partial charge in [0, 0.05) is 28.6 Å². The van der Waals surface area contributed by atoms with Gasteiger partial charge in [0.25, 0.3) is 0 Å². The van der Waals surface area contributed by atoms with Crippen molar-refractivity contribution >= 4 is 23.1 Å². The smallest absolute Gasteiger partial charge is 0.137 e. The highest BCUT2D eigenvalue weighted by atomic mass is 32.2. The van der Waals surface area contributed by atoms with Crippen LogP contribution in [-0.2, 0) is 6.54 Å². The van der Waals surface area contributed by atoms with E-state index in [1.807, 2.05) is 17.8 Å². The van der Waals surface area contributed by atoms with Crippen LogP contribution in [0, 0.1) is 5.82 Å². The lowest BCUT2D eigenvalue weighted by Gasteiger charge is -2.26. The second-order valence-corrected chi connectivity index (χ2v) is 6.27. The first-order valence-electron chi connectivity index (χ1n) is 5.86. The van der Waals surface area contributed by atoms with Gasteiger partial charge in [0.05, 0.1) is 5.51 Å². The molecule has 5 heteroatoms. The zero-order valence-electron chi connectivity index (χ0n) is 9.73. The van der Waals surface area contributed by atoms with Crippen LogP contribution in [0.1, 0.15) is 22.9 Å². The lowest BCUT2D eigenvalue weighted by Crippen LogP contribution is -2.24. The molecule has 0 spiro atoms. The van der Waals surface area contributed by atoms with E-state index < -0.39 is 0 Å². The molecule has 2 nitrogen and oxygen atoms in total. The Balaban J connectivity index is 1.77. The highest BCUT2D eigenvalue weighted by Crippen LogP contribution is 2.37. The Hall–Kier alpha value is -0.910. The van der Waals surface area contributed by atoms with Gasteiger partial charge in [-0.1, -0.05) is 12.1 Å². The van der Waals surface area contributed by atoms with Crippen LogP contribution >= 0.6 is 23.1 Å². The second kappa shape index (κ2) is 5.38. The van der Waals surface area contributed by atoms with E-state index in [9.17, 15) is 4.39 Å². The molecular formula is C13H13FN2S2. The SMILES string of the molecule is Fc1cccc2c1SCCC2NCc1cncs1. The molecule has 1 aromatic carbocycles. The summed E-state index contributed by atoms with van der Waals surface area (Å²) in [6.07, 6.45) is 2.92. The summed E-state index contributed by atoms with van der Waals surface area (Å²) in [6.45, 7) is 0.802. The van der Waals surface area contributed by atoms with Gasteiger partial charge >= 0.3 is 0 Å². The maximum Gasteiger partial charge on any atom is 0.137 e. The standard InChI is InChI=1S/C13H13FN2S2/c14-11-3-1-2-10-12(4-5-17-13(10)11)16-7-9-6-15-8-18-9/h1-3,6,8,12,16H,4-5,7H2. The molecule has 1 N–H and O–H groups in total. The molecule has 2 heterocycles. The summed E-state index contributed by atoms with van der Waals surface area (Å²) in [5.74, 6) is 0.871. The fraction of sp³-hybridized carbons (Fsp3) is 0.308. The predicted octanol–water partition coefficient (Wildman–Crippen LogP) is 3.61. The first kappa shape index (κ1) is 12.1. The van der Waals surface area contributed by atoms with E-state index in [0.29, 0.717) is 0 Å². The zero-order chi connectivity index (χ0) is 12.4. The number of rotatable bonds is 3. The minimum absolute atomic E-state index is 0.0956. The van der Waals surface area contributed by atoms with Crippen molar-refractivity contribution in [2.45, 2.75) is 23.9 Å². The Kier molecular flexibility index (Phi) is 3.63. The Morgan fingerprint density at radius 2 is 2.39 bits per heavy atom. The molecular weight excluding hydrogens is 267 g/mol. The number of hydrogen-bond donors (Lipinski definition) is 1. The maximum absolute atomic E-state index is 13.7. The third kappa shape index (κ3) is 2.43. The van der Waals surface area contributed by atoms with Gasteiger partial charge < -0.3 is 5.32 Å². The summed E-state index contributed by atoms with van der Waals surface area (Å²) in [6, 6.07) is 5.60. The molecule has 0 saturated carbocycles. The number of thiazole rings is 1. The Bertz CT molecular complexity index is 528. The van der Waals surface area contributed by atoms with Gasteiger partial charge in [-0.25, -0.2) is 4.39 Å². The number of nitrogens with zero attached hydrogens (tertiary/aromatic N) is 1. The van der Waals surface area contributed by atoms with Crippen molar-refractivity contribution in [2.24, 2.45) is 0 Å². The summed E-state index contributed by atoms with van der Waals surface area (Å²) in [5.41, 5.74) is 2.93. The molecule has 1 aliphatic heterocycles. The highest BCUT2D eigenvalue weighted by molar-refractivity contribution is 7.99. The number of aromatic nitrogens is 1. The van der Waals surface area contributed by atoms with Gasteiger partial charge in [0.2, 0.25) is 0 Å². The second-order valence-electron chi connectivity index (χ2n) is 4.20. The quantitative estimate of drug-likeness (QED) is 0.929. The fourth-order valence-corrected chi connectivity index (χ4v) is 3.84. The van der Waals surface area contributed by atoms with Crippen LogP contribution in [0.5, 0.6) is 0 Å². The van der Waals surface area contributed by atoms with Gasteiger partial charge in [-0.15, -0.1) is 23.1 Å². The largest absolute Gasteiger partial charge is 0.305 e. The predicted molar refractivity (Wildman–Crippen MR) is 73.4 cm³/mol. The summed E-state index contributed by atoms with van der Waals surface area (Å²) in [4.78, 5) is 6.08. The number of nitrogens with one attached hydrogen (secondary N) is 1. The van der Waals surface area contributed by atoms with Crippen LogP contribution < -0.4 is 5.32 Å². The van der Waals surface area contributed by atoms with Crippen molar-refractivity contribution in [3.05, 3.63) is 46.2 Å². The summed E-state index contributed by atoms with van der Waals surface area (Å²) in [5, 5.41) is 3.50. The number of hydrogen-bond acceptors (Lipinski definition) is 4. The maximum atomic E-state index is 13.7. The van der Waals surface area contributed by atoms with E-state index in [1.54, 1.807) is 29.2 Å². The molecule has 94 valence electrons. The van der Waals surface area contributed by atoms with E-state index in [1.165, 1.54) is 10.9 Å². The van der Waals surface area contributed by atoms with E-state index in [0.717, 1.165) is 29.2 Å². The minimum atomic E-state index is -0.0956. The van der Waals surface area contributed by atoms with Crippen molar-refractivity contribution in [3.8, 4) is 0 Å². The highest BCUT2D eigenvalue weighted by Gasteiger charge is 2.22. The monoisotopic (exact) mass is 280 g/mol. The van der Waals surface area contributed by atoms with Gasteiger partial charge in [-0.05, 0) is 23.8 Å². The molecule has 1 unspecified atom stereocenters. The Morgan fingerprint density at radius 1 is 1.44 bits per heavy atom. The van der Waals surface area contributed by atoms with Crippen molar-refractivity contribution in [1.82, 2.24) is 10.3 Å². The molecule has 0 amide bonds. The van der Waals surface area contributed by atoms with E-state index in [-0.39, 0.29) is 11.9 Å². The molecule has 0 saturated heterocycles. The van der Waals surface area contributed by atoms with E-state index in [2.05, 4.69) is 10.3 Å². The van der Waals surface area contributed by atoms with Gasteiger partial charge in [0.15, 0.2) is 0 Å². The zero-order valence-corrected chi connectivity index (χ0v) is 11.4. The van der Waals surface area contributed by atoms with Crippen LogP contribution in [0.25, 0.3) is 0 Å². The molecule has 0 radical (unpaired) electrons. The summed E-state index contributed by atoms with van der Waals surface area (Å²) >= 11 is 3.26. The molecule has 0 aliphatic carbocycles. The topological polar surface area (TPSA) is 24.9 Å². The van der Waals surface area contributed by atoms with E-state index in [4.69, 9.17) is 0 Å². The van der Waals surface area contributed by atoms with Crippen LogP contribution in [0.4, 0.5) is 4.39 Å². The van der Waals surface area contributed by atoms with Crippen molar-refractivity contribution in [2.75, 3.05) is 5.75 Å². The number of thioether (sulfide) groups is 1. The van der Waals surface area contributed by atoms with Crippen LogP contribution in [0.15, 0.2) is 34.8 Å². The fourth-order valence-electron chi connectivity index (χ4n) is 2.15. The van der Waals surface area contributed by atoms with Crippen LogP contribution in [-0.4, -0.2) is 10.7 Å². The minimum Gasteiger partial charge on any atom is -0.305 e. The van der Waals surface area contributed by atoms with Crippen molar-refractivity contribution < 1.29 is 4.39 Å². The molecule has 0 fully saturated rings. The Morgan fingerprint density at radius 3 is 3.22 bits per heavy atom. The van der Waals surface area contributed by atoms with E-state index >= 15 is 0 Å². The number of fused-ring (bicyclic) bond motifs is 1. The average molecular weight is 280 g/mol. The molecule has 18 heavy (non-hydrogen) atoms. The van der Waals surface area contributed by atoms with Crippen molar-refractivity contribution in [1.29, 1.82) is 0 Å². The summed E-state index contributed by atoms with van der Waals surface area (Å²) < 4.78 is 13.7. The third-order valence-corrected chi connectivity index (χ3v) is 4.97. The lowest BCUT2D eigenvalue weighted by molar-refractivity contribution is 0.498. The molecule has 1 atom stereocenters. The van der Waals surface area contributed by atoms with Crippen LogP contribution in [0.3, 0.4) is 0 Å². The third-order valence-electron chi connectivity index (χ3n) is 3.03. The molecule has 0 bridgehead atoms. The first-order chi connectivity index (χ1) is 8.84. The Labute approximate surface area is 114 Å². The summed E-state index contributed by atoms with van der Waals surface area (Å²) in [7, 11) is 0. The molecule has 1 aliphatic rings. The number of benzene rings is 1. The normalized spacial score (nSPS) is 18.6. The lowest BCUT2D eigenvalue weighted by atomic mass is 10.0. The molecule has 2 aromatic rings. The van der Waals surface area contributed by atoms with Crippen molar-refractivity contribution in [3.63, 3.8) is 0 Å².